The summed E-state index contributed by atoms with van der Waals surface area (Å²) in [5.74, 6) is 0. The fraction of sp³-hybridized carbons (Fsp3) is 0.333. The highest BCUT2D eigenvalue weighted by molar-refractivity contribution is 7.89. The largest absolute Gasteiger partial charge is 0.380 e. The van der Waals surface area contributed by atoms with Gasteiger partial charge in [0.05, 0.1) is 47.6 Å². The molecule has 0 aliphatic carbocycles. The first kappa shape index (κ1) is 18.5. The van der Waals surface area contributed by atoms with Crippen molar-refractivity contribution in [2.75, 3.05) is 13.2 Å². The maximum absolute atomic E-state index is 12.6. The highest BCUT2D eigenvalue weighted by Crippen LogP contribution is 2.17. The van der Waals surface area contributed by atoms with Gasteiger partial charge in [0.25, 0.3) is 0 Å². The number of sulfonamides is 1. The summed E-state index contributed by atoms with van der Waals surface area (Å²) in [4.78, 5) is 4.31. The Kier molecular flexibility index (Phi) is 5.96. The standard InChI is InChI=1S/C18H19N3O4S/c19-11-14-4-6-16(7-5-14)26(22,23)21-17-13-24-10-8-18(17)25-12-15-3-1-2-9-20-15/h1-7,9,17-18,21H,8,10,12-13H2/t17-,18-/m1/s1. The maximum atomic E-state index is 12.6. The Labute approximate surface area is 152 Å². The Morgan fingerprint density at radius 1 is 1.27 bits per heavy atom. The van der Waals surface area contributed by atoms with Crippen molar-refractivity contribution in [2.24, 2.45) is 0 Å². The molecule has 0 bridgehead atoms. The Hall–Kier alpha value is -2.31. The van der Waals surface area contributed by atoms with Gasteiger partial charge >= 0.3 is 0 Å². The van der Waals surface area contributed by atoms with Gasteiger partial charge in [-0.25, -0.2) is 13.1 Å². The highest BCUT2D eigenvalue weighted by Gasteiger charge is 2.31. The zero-order valence-electron chi connectivity index (χ0n) is 14.0. The van der Waals surface area contributed by atoms with E-state index in [2.05, 4.69) is 9.71 Å². The van der Waals surface area contributed by atoms with E-state index in [1.807, 2.05) is 24.3 Å². The van der Waals surface area contributed by atoms with Crippen LogP contribution in [0.5, 0.6) is 0 Å². The number of benzene rings is 1. The Balaban J connectivity index is 1.67. The Morgan fingerprint density at radius 2 is 2.08 bits per heavy atom. The number of hydrogen-bond acceptors (Lipinski definition) is 6. The molecule has 1 N–H and O–H groups in total. The summed E-state index contributed by atoms with van der Waals surface area (Å²) >= 11 is 0. The Morgan fingerprint density at radius 3 is 2.77 bits per heavy atom. The summed E-state index contributed by atoms with van der Waals surface area (Å²) in [5, 5.41) is 8.83. The fourth-order valence-corrected chi connectivity index (χ4v) is 3.93. The average molecular weight is 373 g/mol. The van der Waals surface area contributed by atoms with Gasteiger partial charge in [-0.05, 0) is 42.8 Å². The molecule has 1 fully saturated rings. The van der Waals surface area contributed by atoms with Gasteiger partial charge in [0.15, 0.2) is 0 Å². The first-order chi connectivity index (χ1) is 12.6. The zero-order chi connectivity index (χ0) is 18.4. The quantitative estimate of drug-likeness (QED) is 0.825. The number of hydrogen-bond donors (Lipinski definition) is 1. The van der Waals surface area contributed by atoms with Crippen LogP contribution in [0.4, 0.5) is 0 Å². The topological polar surface area (TPSA) is 101 Å². The molecule has 1 aliphatic rings. The van der Waals surface area contributed by atoms with E-state index in [0.717, 1.165) is 5.69 Å². The van der Waals surface area contributed by atoms with Crippen LogP contribution in [0.3, 0.4) is 0 Å². The average Bonchev–Trinajstić information content (AvgIpc) is 2.68. The summed E-state index contributed by atoms with van der Waals surface area (Å²) in [6.07, 6.45) is 1.97. The molecule has 2 atom stereocenters. The third kappa shape index (κ3) is 4.65. The van der Waals surface area contributed by atoms with Crippen molar-refractivity contribution >= 4 is 10.0 Å². The minimum absolute atomic E-state index is 0.102. The molecule has 3 rings (SSSR count). The second-order valence-corrected chi connectivity index (χ2v) is 7.61. The van der Waals surface area contributed by atoms with Gasteiger partial charge in [0, 0.05) is 12.8 Å². The van der Waals surface area contributed by atoms with E-state index in [9.17, 15) is 8.42 Å². The molecule has 8 heteroatoms. The number of aromatic nitrogens is 1. The second kappa shape index (κ2) is 8.38. The molecule has 0 spiro atoms. The van der Waals surface area contributed by atoms with Crippen LogP contribution in [-0.4, -0.2) is 38.8 Å². The van der Waals surface area contributed by atoms with E-state index in [4.69, 9.17) is 14.7 Å². The van der Waals surface area contributed by atoms with Crippen molar-refractivity contribution in [1.82, 2.24) is 9.71 Å². The zero-order valence-corrected chi connectivity index (χ0v) is 14.9. The van der Waals surface area contributed by atoms with Gasteiger partial charge in [-0.15, -0.1) is 0 Å². The van der Waals surface area contributed by atoms with Gasteiger partial charge in [0.2, 0.25) is 10.0 Å². The summed E-state index contributed by atoms with van der Waals surface area (Å²) in [5.41, 5.74) is 1.19. The van der Waals surface area contributed by atoms with E-state index >= 15 is 0 Å². The second-order valence-electron chi connectivity index (χ2n) is 5.90. The lowest BCUT2D eigenvalue weighted by molar-refractivity contribution is -0.0579. The smallest absolute Gasteiger partial charge is 0.240 e. The van der Waals surface area contributed by atoms with E-state index in [-0.39, 0.29) is 17.6 Å². The molecule has 0 radical (unpaired) electrons. The summed E-state index contributed by atoms with van der Waals surface area (Å²) in [7, 11) is -3.74. The number of nitrogens with one attached hydrogen (secondary N) is 1. The highest BCUT2D eigenvalue weighted by atomic mass is 32.2. The molecule has 0 saturated carbocycles. The van der Waals surface area contributed by atoms with Crippen LogP contribution < -0.4 is 4.72 Å². The van der Waals surface area contributed by atoms with Gasteiger partial charge in [0.1, 0.15) is 0 Å². The number of pyridine rings is 1. The van der Waals surface area contributed by atoms with Crippen LogP contribution in [0, 0.1) is 11.3 Å². The van der Waals surface area contributed by atoms with E-state index < -0.39 is 16.1 Å². The molecular weight excluding hydrogens is 354 g/mol. The van der Waals surface area contributed by atoms with E-state index in [1.54, 1.807) is 6.20 Å². The molecule has 1 aromatic carbocycles. The van der Waals surface area contributed by atoms with E-state index in [0.29, 0.717) is 25.2 Å². The van der Waals surface area contributed by atoms with Crippen molar-refractivity contribution < 1.29 is 17.9 Å². The summed E-state index contributed by atoms with van der Waals surface area (Å²) in [6.45, 7) is 1.06. The van der Waals surface area contributed by atoms with Crippen LogP contribution in [0.25, 0.3) is 0 Å². The van der Waals surface area contributed by atoms with Gasteiger partial charge in [-0.3, -0.25) is 4.98 Å². The van der Waals surface area contributed by atoms with Crippen molar-refractivity contribution in [3.8, 4) is 6.07 Å². The molecule has 7 nitrogen and oxygen atoms in total. The molecule has 26 heavy (non-hydrogen) atoms. The SMILES string of the molecule is N#Cc1ccc(S(=O)(=O)N[C@@H]2COCC[C@H]2OCc2ccccn2)cc1. The minimum atomic E-state index is -3.74. The predicted molar refractivity (Wildman–Crippen MR) is 93.5 cm³/mol. The fourth-order valence-electron chi connectivity index (χ4n) is 2.68. The van der Waals surface area contributed by atoms with Crippen LogP contribution in [-0.2, 0) is 26.1 Å². The molecular formula is C18H19N3O4S. The number of ether oxygens (including phenoxy) is 2. The van der Waals surface area contributed by atoms with Crippen molar-refractivity contribution in [2.45, 2.75) is 30.1 Å². The van der Waals surface area contributed by atoms with Crippen molar-refractivity contribution in [3.05, 3.63) is 59.9 Å². The monoisotopic (exact) mass is 373 g/mol. The Bertz CT molecular complexity index is 864. The first-order valence-corrected chi connectivity index (χ1v) is 9.68. The normalized spacial score (nSPS) is 20.4. The number of nitriles is 1. The third-order valence-electron chi connectivity index (χ3n) is 4.06. The van der Waals surface area contributed by atoms with E-state index in [1.165, 1.54) is 24.3 Å². The molecule has 0 amide bonds. The molecule has 0 unspecified atom stereocenters. The van der Waals surface area contributed by atoms with Crippen LogP contribution in [0.1, 0.15) is 17.7 Å². The molecule has 136 valence electrons. The molecule has 2 heterocycles. The molecule has 2 aromatic rings. The van der Waals surface area contributed by atoms with Crippen molar-refractivity contribution in [1.29, 1.82) is 5.26 Å². The molecule has 1 saturated heterocycles. The lowest BCUT2D eigenvalue weighted by atomic mass is 10.1. The number of nitrogens with zero attached hydrogens (tertiary/aromatic N) is 2. The van der Waals surface area contributed by atoms with Crippen molar-refractivity contribution in [3.63, 3.8) is 0 Å². The van der Waals surface area contributed by atoms with Crippen LogP contribution in [0.2, 0.25) is 0 Å². The summed E-state index contributed by atoms with van der Waals surface area (Å²) in [6, 6.07) is 12.8. The lowest BCUT2D eigenvalue weighted by Crippen LogP contribution is -2.50. The first-order valence-electron chi connectivity index (χ1n) is 8.20. The maximum Gasteiger partial charge on any atom is 0.240 e. The predicted octanol–water partition coefficient (Wildman–Crippen LogP) is 1.61. The van der Waals surface area contributed by atoms with Crippen LogP contribution in [0.15, 0.2) is 53.6 Å². The minimum Gasteiger partial charge on any atom is -0.380 e. The van der Waals surface area contributed by atoms with Gasteiger partial charge in [-0.1, -0.05) is 6.07 Å². The third-order valence-corrected chi connectivity index (χ3v) is 5.57. The molecule has 1 aliphatic heterocycles. The molecule has 1 aromatic heterocycles. The van der Waals surface area contributed by atoms with Gasteiger partial charge < -0.3 is 9.47 Å². The van der Waals surface area contributed by atoms with Crippen LogP contribution >= 0.6 is 0 Å². The summed E-state index contributed by atoms with van der Waals surface area (Å²) < 4.78 is 39.2. The lowest BCUT2D eigenvalue weighted by Gasteiger charge is -2.31. The van der Waals surface area contributed by atoms with Gasteiger partial charge in [-0.2, -0.15) is 5.26 Å². The number of rotatable bonds is 6.